The van der Waals surface area contributed by atoms with E-state index >= 15 is 0 Å². The number of allylic oxidation sites excluding steroid dienone is 4. The summed E-state index contributed by atoms with van der Waals surface area (Å²) in [5.74, 6) is 2.85. The number of halogens is 1. The second kappa shape index (κ2) is 10.8. The van der Waals surface area contributed by atoms with Gasteiger partial charge in [-0.05, 0) is 47.8 Å². The summed E-state index contributed by atoms with van der Waals surface area (Å²) in [6.45, 7) is 9.87. The molecule has 6 nitrogen and oxygen atoms in total. The second-order valence-corrected chi connectivity index (χ2v) is 12.5. The van der Waals surface area contributed by atoms with E-state index in [-0.39, 0.29) is 29.0 Å². The SMILES string of the molecule is C#CCOc1c(Cl)cc(C2C3=C(CC(C)(C)CC3=O)N(CCCOC)C3=C2C(=O)CC(C)(C)C3)cc1OC. The number of nitrogens with zero attached hydrogens (tertiary/aromatic N) is 1. The van der Waals surface area contributed by atoms with Gasteiger partial charge >= 0.3 is 0 Å². The minimum absolute atomic E-state index is 0.0427. The highest BCUT2D eigenvalue weighted by atomic mass is 35.5. The highest BCUT2D eigenvalue weighted by molar-refractivity contribution is 6.32. The molecule has 0 radical (unpaired) electrons. The van der Waals surface area contributed by atoms with Gasteiger partial charge in [-0.1, -0.05) is 45.2 Å². The van der Waals surface area contributed by atoms with Crippen molar-refractivity contribution in [3.05, 3.63) is 45.3 Å². The minimum atomic E-state index is -0.515. The van der Waals surface area contributed by atoms with Gasteiger partial charge < -0.3 is 19.1 Å². The number of methoxy groups -OCH3 is 2. The van der Waals surface area contributed by atoms with E-state index < -0.39 is 5.92 Å². The number of ketones is 2. The topological polar surface area (TPSA) is 65.1 Å². The molecule has 1 heterocycles. The lowest BCUT2D eigenvalue weighted by molar-refractivity contribution is -0.119. The quantitative estimate of drug-likeness (QED) is 0.294. The van der Waals surface area contributed by atoms with Crippen LogP contribution in [-0.4, -0.2) is 50.4 Å². The van der Waals surface area contributed by atoms with E-state index in [9.17, 15) is 9.59 Å². The van der Waals surface area contributed by atoms with Crippen LogP contribution in [0.5, 0.6) is 11.5 Å². The van der Waals surface area contributed by atoms with Gasteiger partial charge in [0.1, 0.15) is 6.61 Å². The second-order valence-electron chi connectivity index (χ2n) is 12.1. The molecule has 38 heavy (non-hydrogen) atoms. The zero-order valence-corrected chi connectivity index (χ0v) is 24.1. The Morgan fingerprint density at radius 2 is 1.58 bits per heavy atom. The summed E-state index contributed by atoms with van der Waals surface area (Å²) in [4.78, 5) is 30.1. The molecule has 0 aromatic heterocycles. The number of carbonyl (C=O) groups is 2. The van der Waals surface area contributed by atoms with Gasteiger partial charge in [0, 0.05) is 61.6 Å². The lowest BCUT2D eigenvalue weighted by Gasteiger charge is -2.49. The van der Waals surface area contributed by atoms with Crippen molar-refractivity contribution in [3.63, 3.8) is 0 Å². The van der Waals surface area contributed by atoms with Crippen LogP contribution in [0.25, 0.3) is 0 Å². The molecule has 0 bridgehead atoms. The normalized spacial score (nSPS) is 20.7. The number of carbonyl (C=O) groups excluding carboxylic acids is 2. The summed E-state index contributed by atoms with van der Waals surface area (Å²) in [7, 11) is 3.23. The van der Waals surface area contributed by atoms with Crippen molar-refractivity contribution in [2.24, 2.45) is 10.8 Å². The summed E-state index contributed by atoms with van der Waals surface area (Å²) < 4.78 is 16.6. The molecule has 0 saturated heterocycles. The molecule has 1 aromatic rings. The minimum Gasteiger partial charge on any atom is -0.493 e. The van der Waals surface area contributed by atoms with E-state index in [0.29, 0.717) is 53.7 Å². The standard InChI is InChI=1S/C31H38ClNO5/c1-8-11-38-29-20(32)13-19(14-25(29)37-7)26-27-21(15-30(2,3)17-23(27)34)33(10-9-12-36-6)22-16-31(4,5)18-24(35)28(22)26/h1,13-14,26H,9-12,15-18H2,2-7H3. The van der Waals surface area contributed by atoms with Gasteiger partial charge in [-0.3, -0.25) is 9.59 Å². The van der Waals surface area contributed by atoms with Crippen LogP contribution < -0.4 is 9.47 Å². The summed E-state index contributed by atoms with van der Waals surface area (Å²) >= 11 is 6.70. The van der Waals surface area contributed by atoms with Crippen molar-refractivity contribution >= 4 is 23.2 Å². The van der Waals surface area contributed by atoms with Crippen molar-refractivity contribution in [3.8, 4) is 23.8 Å². The van der Waals surface area contributed by atoms with Crippen LogP contribution in [0.1, 0.15) is 71.3 Å². The predicted octanol–water partition coefficient (Wildman–Crippen LogP) is 6.08. The average Bonchev–Trinajstić information content (AvgIpc) is 2.81. The molecular weight excluding hydrogens is 502 g/mol. The first kappa shape index (κ1) is 28.3. The van der Waals surface area contributed by atoms with Gasteiger partial charge in [-0.15, -0.1) is 6.42 Å². The molecule has 0 saturated carbocycles. The number of hydrogen-bond acceptors (Lipinski definition) is 6. The maximum absolute atomic E-state index is 13.9. The first-order valence-corrected chi connectivity index (χ1v) is 13.5. The van der Waals surface area contributed by atoms with Gasteiger partial charge in [-0.2, -0.15) is 0 Å². The molecule has 2 aliphatic carbocycles. The largest absolute Gasteiger partial charge is 0.493 e. The summed E-state index contributed by atoms with van der Waals surface area (Å²) in [6, 6.07) is 3.62. The Hall–Kier alpha value is -2.75. The Kier molecular flexibility index (Phi) is 8.02. The van der Waals surface area contributed by atoms with E-state index in [4.69, 9.17) is 32.2 Å². The predicted molar refractivity (Wildman–Crippen MR) is 148 cm³/mol. The van der Waals surface area contributed by atoms with E-state index in [0.717, 1.165) is 36.2 Å². The number of ether oxygens (including phenoxy) is 3. The lowest BCUT2D eigenvalue weighted by Crippen LogP contribution is -2.44. The van der Waals surface area contributed by atoms with E-state index in [1.807, 2.05) is 6.07 Å². The maximum atomic E-state index is 13.9. The number of Topliss-reactive ketones (excluding diaryl/α,β-unsaturated/α-hetero) is 2. The van der Waals surface area contributed by atoms with Crippen LogP contribution in [-0.2, 0) is 14.3 Å². The fraction of sp³-hybridized carbons (Fsp3) is 0.548. The third kappa shape index (κ3) is 5.37. The first-order chi connectivity index (χ1) is 17.9. The molecule has 4 rings (SSSR count). The monoisotopic (exact) mass is 539 g/mol. The molecule has 1 aliphatic heterocycles. The summed E-state index contributed by atoms with van der Waals surface area (Å²) in [5.41, 5.74) is 3.80. The molecule has 0 unspecified atom stereocenters. The van der Waals surface area contributed by atoms with Gasteiger partial charge in [0.15, 0.2) is 23.1 Å². The average molecular weight is 540 g/mol. The third-order valence-electron chi connectivity index (χ3n) is 7.64. The number of rotatable bonds is 8. The Balaban J connectivity index is 1.97. The van der Waals surface area contributed by atoms with Crippen LogP contribution in [0.4, 0.5) is 0 Å². The van der Waals surface area contributed by atoms with E-state index in [1.54, 1.807) is 13.2 Å². The Morgan fingerprint density at radius 1 is 1.00 bits per heavy atom. The van der Waals surface area contributed by atoms with Gasteiger partial charge in [0.25, 0.3) is 0 Å². The molecule has 0 atom stereocenters. The Morgan fingerprint density at radius 3 is 2.08 bits per heavy atom. The van der Waals surface area contributed by atoms with Crippen LogP contribution in [0.15, 0.2) is 34.7 Å². The number of terminal acetylenes is 1. The number of hydrogen-bond donors (Lipinski definition) is 0. The van der Waals surface area contributed by atoms with Crippen molar-refractivity contribution in [1.82, 2.24) is 4.90 Å². The fourth-order valence-electron chi connectivity index (χ4n) is 6.18. The van der Waals surface area contributed by atoms with Gasteiger partial charge in [-0.25, -0.2) is 0 Å². The van der Waals surface area contributed by atoms with Crippen LogP contribution in [0.2, 0.25) is 5.02 Å². The maximum Gasteiger partial charge on any atom is 0.181 e. The lowest BCUT2D eigenvalue weighted by atomic mass is 9.63. The van der Waals surface area contributed by atoms with E-state index in [2.05, 4.69) is 38.5 Å². The fourth-order valence-corrected chi connectivity index (χ4v) is 6.45. The van der Waals surface area contributed by atoms with Crippen molar-refractivity contribution in [2.75, 3.05) is 34.0 Å². The highest BCUT2D eigenvalue weighted by Crippen LogP contribution is 2.55. The van der Waals surface area contributed by atoms with Crippen molar-refractivity contribution in [1.29, 1.82) is 0 Å². The summed E-state index contributed by atoms with van der Waals surface area (Å²) in [6.07, 6.45) is 8.51. The molecule has 3 aliphatic rings. The molecule has 7 heteroatoms. The zero-order valence-electron chi connectivity index (χ0n) is 23.3. The van der Waals surface area contributed by atoms with Crippen molar-refractivity contribution in [2.45, 2.75) is 65.7 Å². The highest BCUT2D eigenvalue weighted by Gasteiger charge is 2.49. The molecule has 0 amide bonds. The van der Waals surface area contributed by atoms with Crippen LogP contribution >= 0.6 is 11.6 Å². The Bertz CT molecular complexity index is 1200. The van der Waals surface area contributed by atoms with Gasteiger partial charge in [0.05, 0.1) is 12.1 Å². The zero-order chi connectivity index (χ0) is 27.8. The Labute approximate surface area is 231 Å². The number of benzene rings is 1. The molecule has 0 spiro atoms. The molecule has 1 aromatic carbocycles. The summed E-state index contributed by atoms with van der Waals surface area (Å²) in [5, 5.41) is 0.327. The van der Waals surface area contributed by atoms with Gasteiger partial charge in [0.2, 0.25) is 0 Å². The third-order valence-corrected chi connectivity index (χ3v) is 7.92. The molecule has 0 fully saturated rings. The van der Waals surface area contributed by atoms with Crippen LogP contribution in [0.3, 0.4) is 0 Å². The molecule has 0 N–H and O–H groups in total. The van der Waals surface area contributed by atoms with Crippen molar-refractivity contribution < 1.29 is 23.8 Å². The smallest absolute Gasteiger partial charge is 0.181 e. The first-order valence-electron chi connectivity index (χ1n) is 13.2. The molecule has 204 valence electrons. The van der Waals surface area contributed by atoms with E-state index in [1.165, 1.54) is 7.11 Å². The van der Waals surface area contributed by atoms with Crippen LogP contribution in [0, 0.1) is 23.2 Å². The molecular formula is C31H38ClNO5.